The van der Waals surface area contributed by atoms with E-state index in [-0.39, 0.29) is 11.6 Å². The number of para-hydroxylation sites is 2. The zero-order chi connectivity index (χ0) is 16.4. The Kier molecular flexibility index (Phi) is 4.00. The molecule has 3 rings (SSSR count). The van der Waals surface area contributed by atoms with Crippen molar-refractivity contribution in [2.75, 3.05) is 17.3 Å². The van der Waals surface area contributed by atoms with Gasteiger partial charge in [-0.3, -0.25) is 0 Å². The monoisotopic (exact) mass is 305 g/mol. The molecule has 0 unspecified atom stereocenters. The number of anilines is 2. The van der Waals surface area contributed by atoms with E-state index in [9.17, 15) is 5.26 Å². The first-order valence-electron chi connectivity index (χ1n) is 8.10. The molecule has 3 nitrogen and oxygen atoms in total. The highest BCUT2D eigenvalue weighted by molar-refractivity contribution is 5.60. The highest BCUT2D eigenvalue weighted by atomic mass is 15.2. The van der Waals surface area contributed by atoms with Crippen LogP contribution >= 0.6 is 0 Å². The molecule has 0 saturated carbocycles. The topological polar surface area (TPSA) is 39.1 Å². The van der Waals surface area contributed by atoms with E-state index in [1.807, 2.05) is 31.3 Å². The average Bonchev–Trinajstić information content (AvgIpc) is 2.62. The molecule has 2 aromatic carbocycles. The second-order valence-electron chi connectivity index (χ2n) is 6.72. The number of nitrogens with zero attached hydrogens (tertiary/aromatic N) is 2. The largest absolute Gasteiger partial charge is 0.377 e. The minimum Gasteiger partial charge on any atom is -0.377 e. The smallest absolute Gasteiger partial charge is 0.139 e. The first kappa shape index (κ1) is 15.4. The molecule has 0 aliphatic carbocycles. The van der Waals surface area contributed by atoms with Crippen LogP contribution < -0.4 is 10.2 Å². The van der Waals surface area contributed by atoms with Crippen molar-refractivity contribution >= 4 is 11.4 Å². The summed E-state index contributed by atoms with van der Waals surface area (Å²) in [5, 5.41) is 13.5. The minimum absolute atomic E-state index is 0.242. The third kappa shape index (κ3) is 2.77. The van der Waals surface area contributed by atoms with Gasteiger partial charge >= 0.3 is 0 Å². The Hall–Kier alpha value is -2.47. The first-order valence-corrected chi connectivity index (χ1v) is 8.10. The highest BCUT2D eigenvalue weighted by Crippen LogP contribution is 2.41. The third-order valence-electron chi connectivity index (χ3n) is 4.89. The number of hydrogen-bond donors (Lipinski definition) is 1. The molecule has 23 heavy (non-hydrogen) atoms. The van der Waals surface area contributed by atoms with E-state index in [0.717, 1.165) is 17.8 Å². The van der Waals surface area contributed by atoms with Crippen molar-refractivity contribution in [1.82, 2.24) is 0 Å². The van der Waals surface area contributed by atoms with Crippen molar-refractivity contribution in [2.45, 2.75) is 37.8 Å². The van der Waals surface area contributed by atoms with Gasteiger partial charge < -0.3 is 10.2 Å². The van der Waals surface area contributed by atoms with Crippen LogP contribution in [0.25, 0.3) is 0 Å². The maximum Gasteiger partial charge on any atom is 0.139 e. The summed E-state index contributed by atoms with van der Waals surface area (Å²) in [4.78, 5) is 2.12. The lowest BCUT2D eigenvalue weighted by Gasteiger charge is -2.39. The van der Waals surface area contributed by atoms with Crippen LogP contribution in [0.2, 0.25) is 0 Å². The molecule has 0 aromatic heterocycles. The van der Waals surface area contributed by atoms with Gasteiger partial charge in [0.1, 0.15) is 6.04 Å². The molecular formula is C20H23N3. The Morgan fingerprint density at radius 3 is 2.48 bits per heavy atom. The summed E-state index contributed by atoms with van der Waals surface area (Å²) >= 11 is 0. The van der Waals surface area contributed by atoms with Crippen molar-refractivity contribution < 1.29 is 0 Å². The Labute approximate surface area is 138 Å². The van der Waals surface area contributed by atoms with E-state index < -0.39 is 0 Å². The zero-order valence-electron chi connectivity index (χ0n) is 14.0. The second-order valence-corrected chi connectivity index (χ2v) is 6.72. The van der Waals surface area contributed by atoms with E-state index >= 15 is 0 Å². The highest BCUT2D eigenvalue weighted by Gasteiger charge is 2.42. The molecule has 2 aromatic rings. The summed E-state index contributed by atoms with van der Waals surface area (Å²) in [5.41, 5.74) is 3.20. The molecular weight excluding hydrogens is 282 g/mol. The van der Waals surface area contributed by atoms with Crippen molar-refractivity contribution in [3.8, 4) is 6.07 Å². The van der Waals surface area contributed by atoms with Crippen LogP contribution in [-0.2, 0) is 0 Å². The van der Waals surface area contributed by atoms with Crippen LogP contribution in [0.5, 0.6) is 0 Å². The summed E-state index contributed by atoms with van der Waals surface area (Å²) in [7, 11) is 2.02. The fourth-order valence-corrected chi connectivity index (χ4v) is 3.85. The van der Waals surface area contributed by atoms with Crippen LogP contribution in [0.1, 0.15) is 31.7 Å². The van der Waals surface area contributed by atoms with Gasteiger partial charge in [-0.25, -0.2) is 0 Å². The quantitative estimate of drug-likeness (QED) is 0.894. The minimum atomic E-state index is -0.330. The summed E-state index contributed by atoms with van der Waals surface area (Å²) in [6, 6.07) is 20.9. The fraction of sp³-hybridized carbons (Fsp3) is 0.350. The van der Waals surface area contributed by atoms with E-state index in [1.165, 1.54) is 5.56 Å². The van der Waals surface area contributed by atoms with Crippen molar-refractivity contribution in [3.05, 3.63) is 60.2 Å². The normalized spacial score (nSPS) is 26.8. The molecule has 0 bridgehead atoms. The maximum absolute atomic E-state index is 9.88. The van der Waals surface area contributed by atoms with E-state index in [0.29, 0.717) is 5.92 Å². The standard InChI is InChI=1S/C20H23N3/c1-15-13-20(2,22-16-9-5-4-6-10-16)19(14-21)23(3)18-12-8-7-11-17(15)18/h4-12,15,19,22H,13H2,1-3H3/t15-,19-,20+/m0/s1. The molecule has 1 heterocycles. The van der Waals surface area contributed by atoms with E-state index in [1.54, 1.807) is 0 Å². The van der Waals surface area contributed by atoms with Gasteiger partial charge in [0, 0.05) is 18.4 Å². The van der Waals surface area contributed by atoms with Crippen molar-refractivity contribution in [1.29, 1.82) is 5.26 Å². The van der Waals surface area contributed by atoms with E-state index in [4.69, 9.17) is 0 Å². The molecule has 0 saturated heterocycles. The Bertz CT molecular complexity index is 719. The van der Waals surface area contributed by atoms with Crippen molar-refractivity contribution in [2.24, 2.45) is 0 Å². The van der Waals surface area contributed by atoms with Gasteiger partial charge in [0.05, 0.1) is 11.6 Å². The lowest BCUT2D eigenvalue weighted by atomic mass is 9.82. The van der Waals surface area contributed by atoms with Crippen LogP contribution in [0.3, 0.4) is 0 Å². The molecule has 118 valence electrons. The average molecular weight is 305 g/mol. The Morgan fingerprint density at radius 2 is 1.78 bits per heavy atom. The van der Waals surface area contributed by atoms with Gasteiger partial charge in [0.25, 0.3) is 0 Å². The number of hydrogen-bond acceptors (Lipinski definition) is 3. The molecule has 0 amide bonds. The lowest BCUT2D eigenvalue weighted by Crippen LogP contribution is -2.53. The van der Waals surface area contributed by atoms with Gasteiger partial charge in [0.15, 0.2) is 0 Å². The summed E-state index contributed by atoms with van der Waals surface area (Å²) in [5.74, 6) is 0.383. The zero-order valence-corrected chi connectivity index (χ0v) is 14.0. The predicted molar refractivity (Wildman–Crippen MR) is 95.7 cm³/mol. The number of fused-ring (bicyclic) bond motifs is 1. The van der Waals surface area contributed by atoms with Gasteiger partial charge in [0.2, 0.25) is 0 Å². The van der Waals surface area contributed by atoms with Gasteiger partial charge in [-0.2, -0.15) is 5.26 Å². The Balaban J connectivity index is 2.03. The summed E-state index contributed by atoms with van der Waals surface area (Å²) in [6.07, 6.45) is 0.904. The molecule has 3 atom stereocenters. The summed E-state index contributed by atoms with van der Waals surface area (Å²) < 4.78 is 0. The first-order chi connectivity index (χ1) is 11.0. The third-order valence-corrected chi connectivity index (χ3v) is 4.89. The number of likely N-dealkylation sites (N-methyl/N-ethyl adjacent to an activating group) is 1. The second kappa shape index (κ2) is 5.96. The number of nitrogens with one attached hydrogen (secondary N) is 1. The van der Waals surface area contributed by atoms with Crippen LogP contribution in [0.4, 0.5) is 11.4 Å². The molecule has 0 spiro atoms. The molecule has 1 aliphatic rings. The fourth-order valence-electron chi connectivity index (χ4n) is 3.85. The maximum atomic E-state index is 9.88. The molecule has 0 radical (unpaired) electrons. The van der Waals surface area contributed by atoms with Crippen molar-refractivity contribution in [3.63, 3.8) is 0 Å². The van der Waals surface area contributed by atoms with Gasteiger partial charge in [-0.1, -0.05) is 43.3 Å². The molecule has 0 fully saturated rings. The lowest BCUT2D eigenvalue weighted by molar-refractivity contribution is 0.407. The Morgan fingerprint density at radius 1 is 1.13 bits per heavy atom. The molecule has 1 aliphatic heterocycles. The van der Waals surface area contributed by atoms with Crippen LogP contribution in [0, 0.1) is 11.3 Å². The predicted octanol–water partition coefficient (Wildman–Crippen LogP) is 4.39. The molecule has 3 heteroatoms. The number of benzene rings is 2. The number of rotatable bonds is 2. The molecule has 1 N–H and O–H groups in total. The van der Waals surface area contributed by atoms with E-state index in [2.05, 4.69) is 60.5 Å². The number of nitriles is 1. The summed E-state index contributed by atoms with van der Waals surface area (Å²) in [6.45, 7) is 4.41. The van der Waals surface area contributed by atoms with Gasteiger partial charge in [-0.05, 0) is 43.0 Å². The van der Waals surface area contributed by atoms with Crippen LogP contribution in [0.15, 0.2) is 54.6 Å². The van der Waals surface area contributed by atoms with Crippen LogP contribution in [-0.4, -0.2) is 18.6 Å². The SMILES string of the molecule is C[C@H]1C[C@@](C)(Nc2ccccc2)[C@H](C#N)N(C)c2ccccc21. The van der Waals surface area contributed by atoms with Gasteiger partial charge in [-0.15, -0.1) is 0 Å².